The number of benzene rings is 2. The predicted molar refractivity (Wildman–Crippen MR) is 74.7 cm³/mol. The summed E-state index contributed by atoms with van der Waals surface area (Å²) in [6.07, 6.45) is 1.15. The SMILES string of the molecule is N#CCCC(N)c1ccc(Oc2ccccc2)cc1. The summed E-state index contributed by atoms with van der Waals surface area (Å²) in [4.78, 5) is 0. The molecule has 2 N–H and O–H groups in total. The summed E-state index contributed by atoms with van der Waals surface area (Å²) >= 11 is 0. The fourth-order valence-electron chi connectivity index (χ4n) is 1.79. The quantitative estimate of drug-likeness (QED) is 0.880. The topological polar surface area (TPSA) is 59.0 Å². The minimum absolute atomic E-state index is 0.0922. The maximum Gasteiger partial charge on any atom is 0.127 e. The van der Waals surface area contributed by atoms with Crippen LogP contribution in [-0.2, 0) is 0 Å². The molecule has 2 aromatic carbocycles. The van der Waals surface area contributed by atoms with Crippen molar-refractivity contribution in [2.24, 2.45) is 5.73 Å². The lowest BCUT2D eigenvalue weighted by Crippen LogP contribution is -2.09. The van der Waals surface area contributed by atoms with Gasteiger partial charge in [-0.3, -0.25) is 0 Å². The molecule has 19 heavy (non-hydrogen) atoms. The molecule has 0 saturated heterocycles. The lowest BCUT2D eigenvalue weighted by Gasteiger charge is -2.11. The first-order valence-corrected chi connectivity index (χ1v) is 6.25. The zero-order valence-corrected chi connectivity index (χ0v) is 10.6. The molecule has 0 fully saturated rings. The van der Waals surface area contributed by atoms with Crippen molar-refractivity contribution in [2.75, 3.05) is 0 Å². The number of ether oxygens (including phenoxy) is 1. The van der Waals surface area contributed by atoms with Crippen molar-refractivity contribution in [3.8, 4) is 17.6 Å². The Balaban J connectivity index is 2.01. The molecule has 0 aromatic heterocycles. The fourth-order valence-corrected chi connectivity index (χ4v) is 1.79. The summed E-state index contributed by atoms with van der Waals surface area (Å²) in [5.41, 5.74) is 7.02. The minimum Gasteiger partial charge on any atom is -0.457 e. The molecule has 0 aliphatic heterocycles. The predicted octanol–water partition coefficient (Wildman–Crippen LogP) is 3.78. The average molecular weight is 252 g/mol. The zero-order valence-electron chi connectivity index (χ0n) is 10.6. The fraction of sp³-hybridized carbons (Fsp3) is 0.188. The van der Waals surface area contributed by atoms with Gasteiger partial charge in [-0.05, 0) is 36.2 Å². The monoisotopic (exact) mass is 252 g/mol. The smallest absolute Gasteiger partial charge is 0.127 e. The van der Waals surface area contributed by atoms with Crippen molar-refractivity contribution in [3.63, 3.8) is 0 Å². The van der Waals surface area contributed by atoms with E-state index in [1.165, 1.54) is 0 Å². The molecule has 96 valence electrons. The highest BCUT2D eigenvalue weighted by Crippen LogP contribution is 2.23. The van der Waals surface area contributed by atoms with Gasteiger partial charge in [0, 0.05) is 12.5 Å². The summed E-state index contributed by atoms with van der Waals surface area (Å²) in [5, 5.41) is 8.54. The summed E-state index contributed by atoms with van der Waals surface area (Å²) < 4.78 is 5.70. The van der Waals surface area contributed by atoms with Crippen molar-refractivity contribution in [1.29, 1.82) is 5.26 Å². The van der Waals surface area contributed by atoms with Gasteiger partial charge in [0.1, 0.15) is 11.5 Å². The Kier molecular flexibility index (Phi) is 4.54. The highest BCUT2D eigenvalue weighted by molar-refractivity contribution is 5.33. The van der Waals surface area contributed by atoms with Crippen LogP contribution >= 0.6 is 0 Å². The Morgan fingerprint density at radius 3 is 2.26 bits per heavy atom. The van der Waals surface area contributed by atoms with Crippen LogP contribution in [0.15, 0.2) is 54.6 Å². The van der Waals surface area contributed by atoms with Crippen LogP contribution < -0.4 is 10.5 Å². The molecule has 0 spiro atoms. The molecule has 0 bridgehead atoms. The molecule has 3 heteroatoms. The molecular weight excluding hydrogens is 236 g/mol. The second kappa shape index (κ2) is 6.58. The minimum atomic E-state index is -0.0922. The maximum absolute atomic E-state index is 8.54. The number of para-hydroxylation sites is 1. The first-order valence-electron chi connectivity index (χ1n) is 6.25. The van der Waals surface area contributed by atoms with Gasteiger partial charge >= 0.3 is 0 Å². The largest absolute Gasteiger partial charge is 0.457 e. The van der Waals surface area contributed by atoms with Crippen LogP contribution in [0.4, 0.5) is 0 Å². The van der Waals surface area contributed by atoms with E-state index in [1.807, 2.05) is 54.6 Å². The molecule has 2 rings (SSSR count). The standard InChI is InChI=1S/C16H16N2O/c17-12-4-7-16(18)13-8-10-15(11-9-13)19-14-5-2-1-3-6-14/h1-3,5-6,8-11,16H,4,7,18H2. The molecule has 0 heterocycles. The van der Waals surface area contributed by atoms with Crippen LogP contribution in [0.5, 0.6) is 11.5 Å². The molecule has 0 aliphatic carbocycles. The van der Waals surface area contributed by atoms with E-state index < -0.39 is 0 Å². The maximum atomic E-state index is 8.54. The Morgan fingerprint density at radius 1 is 1.00 bits per heavy atom. The van der Waals surface area contributed by atoms with Crippen molar-refractivity contribution >= 4 is 0 Å². The van der Waals surface area contributed by atoms with E-state index in [0.717, 1.165) is 17.1 Å². The Bertz CT molecular complexity index is 543. The van der Waals surface area contributed by atoms with E-state index in [2.05, 4.69) is 6.07 Å². The van der Waals surface area contributed by atoms with Crippen LogP contribution in [0, 0.1) is 11.3 Å². The van der Waals surface area contributed by atoms with Gasteiger partial charge in [0.25, 0.3) is 0 Å². The second-order valence-electron chi connectivity index (χ2n) is 4.29. The zero-order chi connectivity index (χ0) is 13.5. The Morgan fingerprint density at radius 2 is 1.63 bits per heavy atom. The molecule has 0 radical (unpaired) electrons. The Labute approximate surface area is 113 Å². The molecule has 1 unspecified atom stereocenters. The second-order valence-corrected chi connectivity index (χ2v) is 4.29. The third kappa shape index (κ3) is 3.84. The molecule has 0 aliphatic rings. The van der Waals surface area contributed by atoms with E-state index >= 15 is 0 Å². The highest BCUT2D eigenvalue weighted by Gasteiger charge is 2.05. The molecule has 0 saturated carbocycles. The summed E-state index contributed by atoms with van der Waals surface area (Å²) in [7, 11) is 0. The van der Waals surface area contributed by atoms with Gasteiger partial charge in [-0.25, -0.2) is 0 Å². The van der Waals surface area contributed by atoms with Gasteiger partial charge in [-0.1, -0.05) is 30.3 Å². The van der Waals surface area contributed by atoms with Gasteiger partial charge in [-0.2, -0.15) is 5.26 Å². The van der Waals surface area contributed by atoms with Crippen molar-refractivity contribution in [2.45, 2.75) is 18.9 Å². The molecule has 1 atom stereocenters. The van der Waals surface area contributed by atoms with Crippen LogP contribution in [0.1, 0.15) is 24.4 Å². The summed E-state index contributed by atoms with van der Waals surface area (Å²) in [5.74, 6) is 1.59. The normalized spacial score (nSPS) is 11.6. The van der Waals surface area contributed by atoms with Gasteiger partial charge in [0.15, 0.2) is 0 Å². The van der Waals surface area contributed by atoms with E-state index in [-0.39, 0.29) is 6.04 Å². The third-order valence-corrected chi connectivity index (χ3v) is 2.85. The Hall–Kier alpha value is -2.31. The third-order valence-electron chi connectivity index (χ3n) is 2.85. The number of rotatable bonds is 5. The van der Waals surface area contributed by atoms with E-state index in [1.54, 1.807) is 0 Å². The van der Waals surface area contributed by atoms with Gasteiger partial charge in [-0.15, -0.1) is 0 Å². The number of nitrogens with zero attached hydrogens (tertiary/aromatic N) is 1. The number of hydrogen-bond acceptors (Lipinski definition) is 3. The number of nitrogens with two attached hydrogens (primary N) is 1. The van der Waals surface area contributed by atoms with E-state index in [4.69, 9.17) is 15.7 Å². The average Bonchev–Trinajstić information content (AvgIpc) is 2.46. The van der Waals surface area contributed by atoms with Gasteiger partial charge < -0.3 is 10.5 Å². The lowest BCUT2D eigenvalue weighted by atomic mass is 10.0. The molecule has 2 aromatic rings. The van der Waals surface area contributed by atoms with E-state index in [0.29, 0.717) is 12.8 Å². The summed E-state index contributed by atoms with van der Waals surface area (Å²) in [6, 6.07) is 19.3. The highest BCUT2D eigenvalue weighted by atomic mass is 16.5. The molecular formula is C16H16N2O. The van der Waals surface area contributed by atoms with Crippen LogP contribution in [-0.4, -0.2) is 0 Å². The summed E-state index contributed by atoms with van der Waals surface area (Å²) in [6.45, 7) is 0. The van der Waals surface area contributed by atoms with Crippen molar-refractivity contribution in [1.82, 2.24) is 0 Å². The first-order chi connectivity index (χ1) is 9.29. The van der Waals surface area contributed by atoms with Crippen molar-refractivity contribution in [3.05, 3.63) is 60.2 Å². The van der Waals surface area contributed by atoms with Crippen LogP contribution in [0.25, 0.3) is 0 Å². The first kappa shape index (κ1) is 13.1. The lowest BCUT2D eigenvalue weighted by molar-refractivity contribution is 0.482. The van der Waals surface area contributed by atoms with Crippen LogP contribution in [0.3, 0.4) is 0 Å². The molecule has 0 amide bonds. The molecule has 3 nitrogen and oxygen atoms in total. The van der Waals surface area contributed by atoms with E-state index in [9.17, 15) is 0 Å². The van der Waals surface area contributed by atoms with Crippen LogP contribution in [0.2, 0.25) is 0 Å². The number of nitriles is 1. The van der Waals surface area contributed by atoms with Gasteiger partial charge in [0.2, 0.25) is 0 Å². The van der Waals surface area contributed by atoms with Crippen molar-refractivity contribution < 1.29 is 4.74 Å². The van der Waals surface area contributed by atoms with Gasteiger partial charge in [0.05, 0.1) is 6.07 Å². The number of hydrogen-bond donors (Lipinski definition) is 1.